The Morgan fingerprint density at radius 3 is 2.70 bits per heavy atom. The lowest BCUT2D eigenvalue weighted by Gasteiger charge is -2.26. The molecule has 0 aromatic heterocycles. The molecule has 1 saturated heterocycles. The molecule has 0 bridgehead atoms. The van der Waals surface area contributed by atoms with Gasteiger partial charge in [0.1, 0.15) is 6.17 Å². The van der Waals surface area contributed by atoms with Gasteiger partial charge in [-0.25, -0.2) is 0 Å². The van der Waals surface area contributed by atoms with Gasteiger partial charge in [0.2, 0.25) is 5.91 Å². The molecule has 2 atom stereocenters. The summed E-state index contributed by atoms with van der Waals surface area (Å²) in [6.07, 6.45) is 0.840. The van der Waals surface area contributed by atoms with Gasteiger partial charge in [0, 0.05) is 13.1 Å². The van der Waals surface area contributed by atoms with Crippen LogP contribution in [0.4, 0.5) is 0 Å². The zero-order valence-corrected chi connectivity index (χ0v) is 12.9. The molecular weight excluding hydrogens is 250 g/mol. The molecule has 2 unspecified atom stereocenters. The van der Waals surface area contributed by atoms with Crippen LogP contribution in [-0.4, -0.2) is 48.9 Å². The van der Waals surface area contributed by atoms with Crippen LogP contribution in [0.15, 0.2) is 24.3 Å². The van der Waals surface area contributed by atoms with E-state index in [0.29, 0.717) is 0 Å². The van der Waals surface area contributed by atoms with Crippen molar-refractivity contribution in [3.05, 3.63) is 35.4 Å². The van der Waals surface area contributed by atoms with Crippen LogP contribution in [0, 0.1) is 6.92 Å². The van der Waals surface area contributed by atoms with E-state index in [0.717, 1.165) is 19.5 Å². The summed E-state index contributed by atoms with van der Waals surface area (Å²) >= 11 is 0. The first-order valence-electron chi connectivity index (χ1n) is 7.30. The monoisotopic (exact) mass is 275 g/mol. The van der Waals surface area contributed by atoms with Crippen LogP contribution in [0.2, 0.25) is 0 Å². The molecule has 1 aliphatic rings. The maximum atomic E-state index is 12.5. The topological polar surface area (TPSA) is 35.6 Å². The summed E-state index contributed by atoms with van der Waals surface area (Å²) in [5.41, 5.74) is 2.40. The van der Waals surface area contributed by atoms with Crippen molar-refractivity contribution in [2.75, 3.05) is 27.2 Å². The highest BCUT2D eigenvalue weighted by atomic mass is 16.2. The summed E-state index contributed by atoms with van der Waals surface area (Å²) in [7, 11) is 4.07. The van der Waals surface area contributed by atoms with Crippen LogP contribution in [-0.2, 0) is 4.79 Å². The Kier molecular flexibility index (Phi) is 4.78. The van der Waals surface area contributed by atoms with E-state index < -0.39 is 0 Å². The van der Waals surface area contributed by atoms with Gasteiger partial charge in [0.15, 0.2) is 0 Å². The third-order valence-electron chi connectivity index (χ3n) is 3.81. The first-order chi connectivity index (χ1) is 9.52. The lowest BCUT2D eigenvalue weighted by atomic mass is 10.1. The highest BCUT2D eigenvalue weighted by molar-refractivity contribution is 5.84. The minimum Gasteiger partial charge on any atom is -0.320 e. The van der Waals surface area contributed by atoms with Gasteiger partial charge in [-0.05, 0) is 33.0 Å². The predicted octanol–water partition coefficient (Wildman–Crippen LogP) is 1.77. The van der Waals surface area contributed by atoms with Crippen molar-refractivity contribution in [2.45, 2.75) is 32.5 Å². The summed E-state index contributed by atoms with van der Waals surface area (Å²) < 4.78 is 0. The molecule has 2 rings (SSSR count). The van der Waals surface area contributed by atoms with Crippen LogP contribution in [0.5, 0.6) is 0 Å². The number of hydrogen-bond acceptors (Lipinski definition) is 3. The largest absolute Gasteiger partial charge is 0.320 e. The second-order valence-corrected chi connectivity index (χ2v) is 5.78. The van der Waals surface area contributed by atoms with Gasteiger partial charge in [-0.1, -0.05) is 36.8 Å². The molecular formula is C16H25N3O. The summed E-state index contributed by atoms with van der Waals surface area (Å²) in [6, 6.07) is 8.34. The number of amides is 1. The van der Waals surface area contributed by atoms with E-state index in [9.17, 15) is 4.79 Å². The number of carbonyl (C=O) groups is 1. The van der Waals surface area contributed by atoms with E-state index >= 15 is 0 Å². The average Bonchev–Trinajstić information content (AvgIpc) is 2.73. The first kappa shape index (κ1) is 15.0. The van der Waals surface area contributed by atoms with Crippen LogP contribution in [0.1, 0.15) is 30.6 Å². The SMILES string of the molecule is CCC1NC(c2cccc(C)c2)N(CCN(C)C)C1=O. The predicted molar refractivity (Wildman–Crippen MR) is 81.4 cm³/mol. The first-order valence-corrected chi connectivity index (χ1v) is 7.30. The molecule has 1 aromatic carbocycles. The summed E-state index contributed by atoms with van der Waals surface area (Å²) in [5, 5.41) is 3.47. The quantitative estimate of drug-likeness (QED) is 0.889. The molecule has 0 aliphatic carbocycles. The van der Waals surface area contributed by atoms with Crippen molar-refractivity contribution in [3.63, 3.8) is 0 Å². The van der Waals surface area contributed by atoms with Crippen molar-refractivity contribution < 1.29 is 4.79 Å². The molecule has 110 valence electrons. The summed E-state index contributed by atoms with van der Waals surface area (Å²) in [5.74, 6) is 0.223. The average molecular weight is 275 g/mol. The molecule has 1 aliphatic heterocycles. The second-order valence-electron chi connectivity index (χ2n) is 5.78. The number of aryl methyl sites for hydroxylation is 1. The minimum absolute atomic E-state index is 0.00676. The molecule has 1 amide bonds. The van der Waals surface area contributed by atoms with Crippen molar-refractivity contribution in [1.82, 2.24) is 15.1 Å². The zero-order chi connectivity index (χ0) is 14.7. The van der Waals surface area contributed by atoms with Crippen molar-refractivity contribution in [1.29, 1.82) is 0 Å². The number of nitrogens with zero attached hydrogens (tertiary/aromatic N) is 2. The number of rotatable bonds is 5. The highest BCUT2D eigenvalue weighted by Gasteiger charge is 2.38. The Morgan fingerprint density at radius 1 is 1.35 bits per heavy atom. The molecule has 4 heteroatoms. The Bertz CT molecular complexity index is 473. The maximum Gasteiger partial charge on any atom is 0.241 e. The van der Waals surface area contributed by atoms with Crippen LogP contribution < -0.4 is 5.32 Å². The van der Waals surface area contributed by atoms with E-state index in [1.807, 2.05) is 19.0 Å². The number of hydrogen-bond donors (Lipinski definition) is 1. The van der Waals surface area contributed by atoms with E-state index in [1.165, 1.54) is 11.1 Å². The van der Waals surface area contributed by atoms with Gasteiger partial charge in [0.05, 0.1) is 6.04 Å². The number of carbonyl (C=O) groups excluding carboxylic acids is 1. The molecule has 1 aromatic rings. The lowest BCUT2D eigenvalue weighted by molar-refractivity contribution is -0.130. The van der Waals surface area contributed by atoms with Gasteiger partial charge < -0.3 is 9.80 Å². The van der Waals surface area contributed by atoms with Gasteiger partial charge in [-0.3, -0.25) is 10.1 Å². The molecule has 0 radical (unpaired) electrons. The third kappa shape index (κ3) is 3.19. The Hall–Kier alpha value is -1.39. The maximum absolute atomic E-state index is 12.5. The normalized spacial score (nSPS) is 22.9. The molecule has 1 heterocycles. The fourth-order valence-corrected chi connectivity index (χ4v) is 2.64. The Balaban J connectivity index is 2.21. The van der Waals surface area contributed by atoms with Crippen LogP contribution in [0.25, 0.3) is 0 Å². The van der Waals surface area contributed by atoms with E-state index in [1.54, 1.807) is 0 Å². The van der Waals surface area contributed by atoms with Gasteiger partial charge in [-0.15, -0.1) is 0 Å². The van der Waals surface area contributed by atoms with Gasteiger partial charge in [-0.2, -0.15) is 0 Å². The minimum atomic E-state index is -0.0531. The second kappa shape index (κ2) is 6.37. The van der Waals surface area contributed by atoms with Crippen LogP contribution >= 0.6 is 0 Å². The van der Waals surface area contributed by atoms with Crippen molar-refractivity contribution in [2.24, 2.45) is 0 Å². The summed E-state index contributed by atoms with van der Waals surface area (Å²) in [6.45, 7) is 5.78. The Labute approximate surface area is 121 Å². The zero-order valence-electron chi connectivity index (χ0n) is 12.9. The molecule has 0 saturated carbocycles. The van der Waals surface area contributed by atoms with Crippen molar-refractivity contribution in [3.8, 4) is 0 Å². The van der Waals surface area contributed by atoms with Gasteiger partial charge in [0.25, 0.3) is 0 Å². The van der Waals surface area contributed by atoms with Gasteiger partial charge >= 0.3 is 0 Å². The van der Waals surface area contributed by atoms with Crippen LogP contribution in [0.3, 0.4) is 0 Å². The molecule has 1 N–H and O–H groups in total. The molecule has 0 spiro atoms. The standard InChI is InChI=1S/C16H25N3O/c1-5-14-16(20)19(10-9-18(3)4)15(17-14)13-8-6-7-12(2)11-13/h6-8,11,14-15,17H,5,9-10H2,1-4H3. The highest BCUT2D eigenvalue weighted by Crippen LogP contribution is 2.26. The fourth-order valence-electron chi connectivity index (χ4n) is 2.64. The lowest BCUT2D eigenvalue weighted by Crippen LogP contribution is -2.36. The number of nitrogens with one attached hydrogen (secondary N) is 1. The number of benzene rings is 1. The molecule has 4 nitrogen and oxygen atoms in total. The summed E-state index contributed by atoms with van der Waals surface area (Å²) in [4.78, 5) is 16.5. The number of likely N-dealkylation sites (N-methyl/N-ethyl adjacent to an activating group) is 1. The Morgan fingerprint density at radius 2 is 2.10 bits per heavy atom. The van der Waals surface area contributed by atoms with E-state index in [2.05, 4.69) is 48.3 Å². The molecule has 1 fully saturated rings. The van der Waals surface area contributed by atoms with E-state index in [-0.39, 0.29) is 18.1 Å². The van der Waals surface area contributed by atoms with E-state index in [4.69, 9.17) is 0 Å². The molecule has 20 heavy (non-hydrogen) atoms. The smallest absolute Gasteiger partial charge is 0.241 e. The fraction of sp³-hybridized carbons (Fsp3) is 0.562. The van der Waals surface area contributed by atoms with Crippen molar-refractivity contribution >= 4 is 5.91 Å². The third-order valence-corrected chi connectivity index (χ3v) is 3.81.